The number of piperazine rings is 1. The van der Waals surface area contributed by atoms with Gasteiger partial charge in [0.05, 0.1) is 5.56 Å². The molecule has 0 radical (unpaired) electrons. The highest BCUT2D eigenvalue weighted by Gasteiger charge is 2.31. The number of thiophene rings is 1. The SMILES string of the molecule is O=C(c1c(-n2cccc2)sc2c1CCCC2)N1CCN(c2nc3cccnc3s2)CC1. The van der Waals surface area contributed by atoms with Crippen molar-refractivity contribution in [2.45, 2.75) is 25.7 Å². The number of fused-ring (bicyclic) bond motifs is 2. The summed E-state index contributed by atoms with van der Waals surface area (Å²) in [4.78, 5) is 29.6. The molecule has 1 amide bonds. The number of aromatic nitrogens is 3. The second-order valence-electron chi connectivity index (χ2n) is 8.08. The summed E-state index contributed by atoms with van der Waals surface area (Å²) in [6.07, 6.45) is 10.4. The minimum atomic E-state index is 0.189. The van der Waals surface area contributed by atoms with Gasteiger partial charge in [-0.15, -0.1) is 11.3 Å². The van der Waals surface area contributed by atoms with Gasteiger partial charge < -0.3 is 14.4 Å². The van der Waals surface area contributed by atoms with Crippen LogP contribution >= 0.6 is 22.7 Å². The first-order valence-electron chi connectivity index (χ1n) is 10.8. The highest BCUT2D eigenvalue weighted by atomic mass is 32.1. The Morgan fingerprint density at radius 1 is 0.968 bits per heavy atom. The predicted octanol–water partition coefficient (Wildman–Crippen LogP) is 4.38. The van der Waals surface area contributed by atoms with Crippen molar-refractivity contribution in [1.29, 1.82) is 0 Å². The fraction of sp³-hybridized carbons (Fsp3) is 0.348. The van der Waals surface area contributed by atoms with E-state index in [0.717, 1.165) is 65.1 Å². The summed E-state index contributed by atoms with van der Waals surface area (Å²) in [6, 6.07) is 7.98. The van der Waals surface area contributed by atoms with Crippen molar-refractivity contribution < 1.29 is 4.79 Å². The third kappa shape index (κ3) is 3.34. The summed E-state index contributed by atoms with van der Waals surface area (Å²) < 4.78 is 2.11. The first kappa shape index (κ1) is 19.0. The van der Waals surface area contributed by atoms with Gasteiger partial charge in [-0.2, -0.15) is 0 Å². The van der Waals surface area contributed by atoms with Crippen LogP contribution in [0.2, 0.25) is 0 Å². The van der Waals surface area contributed by atoms with Crippen molar-refractivity contribution in [3.63, 3.8) is 0 Å². The molecule has 1 aliphatic carbocycles. The maximum atomic E-state index is 13.7. The lowest BCUT2D eigenvalue weighted by Gasteiger charge is -2.35. The summed E-state index contributed by atoms with van der Waals surface area (Å²) in [7, 11) is 0. The van der Waals surface area contributed by atoms with Crippen molar-refractivity contribution in [3.8, 4) is 5.00 Å². The quantitative estimate of drug-likeness (QED) is 0.466. The number of carbonyl (C=O) groups excluding carboxylic acids is 1. The van der Waals surface area contributed by atoms with Crippen LogP contribution in [0.5, 0.6) is 0 Å². The van der Waals surface area contributed by atoms with E-state index in [9.17, 15) is 4.79 Å². The maximum absolute atomic E-state index is 13.7. The molecule has 0 unspecified atom stereocenters. The highest BCUT2D eigenvalue weighted by molar-refractivity contribution is 7.21. The maximum Gasteiger partial charge on any atom is 0.257 e. The summed E-state index contributed by atoms with van der Waals surface area (Å²) in [5.74, 6) is 0.189. The summed E-state index contributed by atoms with van der Waals surface area (Å²) in [6.45, 7) is 3.04. The van der Waals surface area contributed by atoms with Crippen LogP contribution in [-0.4, -0.2) is 51.5 Å². The third-order valence-electron chi connectivity index (χ3n) is 6.20. The Hall–Kier alpha value is -2.71. The second-order valence-corrected chi connectivity index (χ2v) is 10.1. The lowest BCUT2D eigenvalue weighted by atomic mass is 9.95. The number of pyridine rings is 1. The Morgan fingerprint density at radius 2 is 1.77 bits per heavy atom. The van der Waals surface area contributed by atoms with Gasteiger partial charge in [0.2, 0.25) is 0 Å². The van der Waals surface area contributed by atoms with Crippen LogP contribution in [0.25, 0.3) is 15.3 Å². The van der Waals surface area contributed by atoms with Gasteiger partial charge in [0, 0.05) is 49.6 Å². The predicted molar refractivity (Wildman–Crippen MR) is 126 cm³/mol. The molecule has 5 heterocycles. The number of nitrogens with zero attached hydrogens (tertiary/aromatic N) is 5. The number of thiazole rings is 1. The van der Waals surface area contributed by atoms with E-state index in [1.807, 2.05) is 47.8 Å². The average molecular weight is 450 g/mol. The van der Waals surface area contributed by atoms with Gasteiger partial charge in [0.25, 0.3) is 5.91 Å². The number of anilines is 1. The molecule has 0 atom stereocenters. The molecule has 0 saturated carbocycles. The molecule has 2 aliphatic rings. The molecular formula is C23H23N5OS2. The fourth-order valence-corrected chi connectivity index (χ4v) is 6.88. The minimum absolute atomic E-state index is 0.189. The van der Waals surface area contributed by atoms with Crippen LogP contribution in [0.4, 0.5) is 5.13 Å². The average Bonchev–Trinajstić information content (AvgIpc) is 3.56. The molecule has 1 fully saturated rings. The largest absolute Gasteiger partial charge is 0.344 e. The third-order valence-corrected chi connectivity index (χ3v) is 8.54. The van der Waals surface area contributed by atoms with Gasteiger partial charge in [-0.05, 0) is 55.5 Å². The van der Waals surface area contributed by atoms with E-state index in [-0.39, 0.29) is 5.91 Å². The lowest BCUT2D eigenvalue weighted by Crippen LogP contribution is -2.49. The van der Waals surface area contributed by atoms with E-state index in [0.29, 0.717) is 0 Å². The fourth-order valence-electron chi connectivity index (χ4n) is 4.58. The zero-order chi connectivity index (χ0) is 20.8. The van der Waals surface area contributed by atoms with E-state index >= 15 is 0 Å². The van der Waals surface area contributed by atoms with Gasteiger partial charge in [0.15, 0.2) is 5.13 Å². The number of aryl methyl sites for hydroxylation is 1. The Kier molecular flexibility index (Phi) is 4.76. The number of amides is 1. The second kappa shape index (κ2) is 7.76. The van der Waals surface area contributed by atoms with Crippen LogP contribution in [0, 0.1) is 0 Å². The normalized spacial score (nSPS) is 16.6. The minimum Gasteiger partial charge on any atom is -0.344 e. The van der Waals surface area contributed by atoms with Gasteiger partial charge >= 0.3 is 0 Å². The van der Waals surface area contributed by atoms with E-state index in [4.69, 9.17) is 4.98 Å². The van der Waals surface area contributed by atoms with Gasteiger partial charge in [-0.3, -0.25) is 4.79 Å². The smallest absolute Gasteiger partial charge is 0.257 e. The van der Waals surface area contributed by atoms with E-state index in [1.54, 1.807) is 22.7 Å². The molecule has 4 aromatic rings. The molecule has 8 heteroatoms. The van der Waals surface area contributed by atoms with Crippen LogP contribution < -0.4 is 4.90 Å². The van der Waals surface area contributed by atoms with Crippen LogP contribution in [0.3, 0.4) is 0 Å². The molecule has 4 aromatic heterocycles. The molecule has 6 rings (SSSR count). The molecule has 158 valence electrons. The van der Waals surface area contributed by atoms with Gasteiger partial charge in [-0.1, -0.05) is 11.3 Å². The lowest BCUT2D eigenvalue weighted by molar-refractivity contribution is 0.0746. The number of hydrogen-bond acceptors (Lipinski definition) is 6. The molecular weight excluding hydrogens is 426 g/mol. The van der Waals surface area contributed by atoms with E-state index < -0.39 is 0 Å². The standard InChI is InChI=1S/C23H23N5OS2/c29-21(19-16-6-1-2-8-18(16)30-22(19)27-10-3-4-11-27)26-12-14-28(15-13-26)23-25-17-7-5-9-24-20(17)31-23/h3-5,7,9-11H,1-2,6,8,12-15H2. The van der Waals surface area contributed by atoms with Crippen LogP contribution in [0.15, 0.2) is 42.9 Å². The van der Waals surface area contributed by atoms with Crippen molar-refractivity contribution in [3.05, 3.63) is 58.9 Å². The van der Waals surface area contributed by atoms with Gasteiger partial charge in [-0.25, -0.2) is 9.97 Å². The van der Waals surface area contributed by atoms with Crippen molar-refractivity contribution in [2.24, 2.45) is 0 Å². The Balaban J connectivity index is 1.25. The molecule has 0 N–H and O–H groups in total. The first-order valence-corrected chi connectivity index (χ1v) is 12.4. The summed E-state index contributed by atoms with van der Waals surface area (Å²) in [5.41, 5.74) is 3.18. The van der Waals surface area contributed by atoms with Crippen LogP contribution in [-0.2, 0) is 12.8 Å². The molecule has 0 bridgehead atoms. The number of hydrogen-bond donors (Lipinski definition) is 0. The monoisotopic (exact) mass is 449 g/mol. The van der Waals surface area contributed by atoms with Crippen molar-refractivity contribution >= 4 is 44.1 Å². The van der Waals surface area contributed by atoms with Crippen LogP contribution in [0.1, 0.15) is 33.6 Å². The molecule has 0 aromatic carbocycles. The van der Waals surface area contributed by atoms with E-state index in [1.165, 1.54) is 23.3 Å². The van der Waals surface area contributed by atoms with Crippen molar-refractivity contribution in [1.82, 2.24) is 19.4 Å². The first-order chi connectivity index (χ1) is 15.3. The summed E-state index contributed by atoms with van der Waals surface area (Å²) in [5, 5.41) is 2.09. The Bertz CT molecular complexity index is 1200. The number of carbonyl (C=O) groups is 1. The van der Waals surface area contributed by atoms with Crippen molar-refractivity contribution in [2.75, 3.05) is 31.1 Å². The number of rotatable bonds is 3. The highest BCUT2D eigenvalue weighted by Crippen LogP contribution is 2.38. The van der Waals surface area contributed by atoms with Gasteiger partial charge in [0.1, 0.15) is 15.3 Å². The zero-order valence-electron chi connectivity index (χ0n) is 17.2. The zero-order valence-corrected chi connectivity index (χ0v) is 18.8. The van der Waals surface area contributed by atoms with E-state index in [2.05, 4.69) is 14.5 Å². The summed E-state index contributed by atoms with van der Waals surface area (Å²) >= 11 is 3.43. The topological polar surface area (TPSA) is 54.3 Å². The Labute approximate surface area is 188 Å². The molecule has 6 nitrogen and oxygen atoms in total. The molecule has 1 aliphatic heterocycles. The molecule has 0 spiro atoms. The molecule has 1 saturated heterocycles. The Morgan fingerprint density at radius 3 is 2.58 bits per heavy atom. The molecule has 31 heavy (non-hydrogen) atoms.